The highest BCUT2D eigenvalue weighted by Gasteiger charge is 2.15. The monoisotopic (exact) mass is 197 g/mol. The predicted octanol–water partition coefficient (Wildman–Crippen LogP) is 3.74. The van der Waals surface area contributed by atoms with Gasteiger partial charge in [0.05, 0.1) is 0 Å². The molecule has 0 bridgehead atoms. The van der Waals surface area contributed by atoms with Gasteiger partial charge in [-0.25, -0.2) is 0 Å². The average molecular weight is 197 g/mol. The van der Waals surface area contributed by atoms with E-state index < -0.39 is 0 Å². The van der Waals surface area contributed by atoms with E-state index in [1.165, 1.54) is 25.7 Å². The van der Waals surface area contributed by atoms with Crippen LogP contribution in [0.25, 0.3) is 0 Å². The first kappa shape index (κ1) is 13.7. The van der Waals surface area contributed by atoms with Gasteiger partial charge in [0.15, 0.2) is 0 Å². The van der Waals surface area contributed by atoms with Gasteiger partial charge in [-0.05, 0) is 31.1 Å². The highest BCUT2D eigenvalue weighted by molar-refractivity contribution is 4.72. The smallest absolute Gasteiger partial charge is 0.00669 e. The van der Waals surface area contributed by atoms with E-state index in [1.807, 2.05) is 6.08 Å². The van der Waals surface area contributed by atoms with Gasteiger partial charge >= 0.3 is 0 Å². The Kier molecular flexibility index (Phi) is 7.87. The topological polar surface area (TPSA) is 26.0 Å². The van der Waals surface area contributed by atoms with Gasteiger partial charge in [0.2, 0.25) is 0 Å². The van der Waals surface area contributed by atoms with Crippen LogP contribution in [0, 0.1) is 11.8 Å². The van der Waals surface area contributed by atoms with Crippen molar-refractivity contribution in [2.24, 2.45) is 17.6 Å². The summed E-state index contributed by atoms with van der Waals surface area (Å²) in [6.45, 7) is 10.5. The fourth-order valence-electron chi connectivity index (χ4n) is 1.60. The Balaban J connectivity index is 3.43. The van der Waals surface area contributed by atoms with E-state index in [4.69, 9.17) is 5.73 Å². The van der Waals surface area contributed by atoms with Crippen molar-refractivity contribution >= 4 is 0 Å². The zero-order valence-electron chi connectivity index (χ0n) is 10.1. The summed E-state index contributed by atoms with van der Waals surface area (Å²) in [6.07, 6.45) is 8.16. The number of hydrogen-bond acceptors (Lipinski definition) is 1. The van der Waals surface area contributed by atoms with Gasteiger partial charge in [0.25, 0.3) is 0 Å². The minimum absolute atomic E-state index is 0.388. The molecular formula is C13H27N. The van der Waals surface area contributed by atoms with Gasteiger partial charge in [-0.3, -0.25) is 0 Å². The molecule has 0 saturated heterocycles. The molecule has 2 unspecified atom stereocenters. The number of unbranched alkanes of at least 4 members (excludes halogenated alkanes) is 3. The van der Waals surface area contributed by atoms with E-state index in [0.29, 0.717) is 17.9 Å². The molecule has 0 spiro atoms. The van der Waals surface area contributed by atoms with E-state index in [9.17, 15) is 0 Å². The first-order valence-corrected chi connectivity index (χ1v) is 5.96. The van der Waals surface area contributed by atoms with Gasteiger partial charge in [-0.2, -0.15) is 0 Å². The second-order valence-electron chi connectivity index (χ2n) is 4.69. The van der Waals surface area contributed by atoms with Crippen LogP contribution in [-0.2, 0) is 0 Å². The molecule has 0 aliphatic carbocycles. The molecule has 0 radical (unpaired) electrons. The molecule has 0 aromatic heterocycles. The number of nitrogens with two attached hydrogens (primary N) is 1. The average Bonchev–Trinajstić information content (AvgIpc) is 2.16. The third-order valence-corrected chi connectivity index (χ3v) is 3.17. The van der Waals surface area contributed by atoms with E-state index in [1.54, 1.807) is 0 Å². The molecule has 0 amide bonds. The molecule has 0 aliphatic heterocycles. The lowest BCUT2D eigenvalue weighted by molar-refractivity contribution is 0.326. The minimum Gasteiger partial charge on any atom is -0.327 e. The van der Waals surface area contributed by atoms with Gasteiger partial charge < -0.3 is 5.73 Å². The second-order valence-corrected chi connectivity index (χ2v) is 4.69. The minimum atomic E-state index is 0.388. The Labute approximate surface area is 89.8 Å². The van der Waals surface area contributed by atoms with Gasteiger partial charge in [0, 0.05) is 6.04 Å². The van der Waals surface area contributed by atoms with Crippen molar-refractivity contribution in [2.75, 3.05) is 0 Å². The molecule has 0 heterocycles. The Morgan fingerprint density at radius 2 is 1.79 bits per heavy atom. The van der Waals surface area contributed by atoms with Gasteiger partial charge in [0.1, 0.15) is 0 Å². The Bertz CT molecular complexity index is 140. The quantitative estimate of drug-likeness (QED) is 0.465. The molecular weight excluding hydrogens is 170 g/mol. The highest BCUT2D eigenvalue weighted by Crippen LogP contribution is 2.17. The molecule has 2 atom stereocenters. The normalized spacial score (nSPS) is 15.5. The highest BCUT2D eigenvalue weighted by atomic mass is 14.6. The Morgan fingerprint density at radius 3 is 2.29 bits per heavy atom. The van der Waals surface area contributed by atoms with E-state index in [2.05, 4.69) is 27.4 Å². The Morgan fingerprint density at radius 1 is 1.14 bits per heavy atom. The molecule has 84 valence electrons. The Hall–Kier alpha value is -0.300. The van der Waals surface area contributed by atoms with Crippen molar-refractivity contribution in [3.05, 3.63) is 12.7 Å². The lowest BCUT2D eigenvalue weighted by Crippen LogP contribution is -2.31. The lowest BCUT2D eigenvalue weighted by atomic mass is 9.88. The lowest BCUT2D eigenvalue weighted by Gasteiger charge is -2.23. The summed E-state index contributed by atoms with van der Waals surface area (Å²) >= 11 is 0. The van der Waals surface area contributed by atoms with Crippen molar-refractivity contribution in [3.63, 3.8) is 0 Å². The van der Waals surface area contributed by atoms with Crippen molar-refractivity contribution in [2.45, 2.75) is 58.9 Å². The summed E-state index contributed by atoms with van der Waals surface area (Å²) in [5.74, 6) is 1.35. The van der Waals surface area contributed by atoms with Crippen LogP contribution in [0.3, 0.4) is 0 Å². The maximum Gasteiger partial charge on any atom is 0.00669 e. The number of allylic oxidation sites excluding steroid dienone is 1. The largest absolute Gasteiger partial charge is 0.327 e. The molecule has 2 N–H and O–H groups in total. The molecule has 0 aliphatic rings. The predicted molar refractivity (Wildman–Crippen MR) is 65.3 cm³/mol. The molecule has 0 aromatic rings. The maximum atomic E-state index is 6.11. The van der Waals surface area contributed by atoms with Crippen LogP contribution in [0.5, 0.6) is 0 Å². The molecule has 0 saturated carbocycles. The van der Waals surface area contributed by atoms with Crippen LogP contribution < -0.4 is 5.73 Å². The van der Waals surface area contributed by atoms with Crippen LogP contribution in [-0.4, -0.2) is 6.04 Å². The van der Waals surface area contributed by atoms with Crippen molar-refractivity contribution in [1.29, 1.82) is 0 Å². The summed E-state index contributed by atoms with van der Waals surface area (Å²) in [5.41, 5.74) is 6.11. The van der Waals surface area contributed by atoms with E-state index >= 15 is 0 Å². The molecule has 0 aromatic carbocycles. The molecule has 0 rings (SSSR count). The fraction of sp³-hybridized carbons (Fsp3) is 0.846. The third-order valence-electron chi connectivity index (χ3n) is 3.17. The zero-order chi connectivity index (χ0) is 11.0. The zero-order valence-corrected chi connectivity index (χ0v) is 10.1. The van der Waals surface area contributed by atoms with Crippen LogP contribution >= 0.6 is 0 Å². The van der Waals surface area contributed by atoms with Crippen LogP contribution in [0.15, 0.2) is 12.7 Å². The molecule has 1 heteroatoms. The third kappa shape index (κ3) is 6.20. The van der Waals surface area contributed by atoms with E-state index in [0.717, 1.165) is 6.42 Å². The van der Waals surface area contributed by atoms with Crippen molar-refractivity contribution < 1.29 is 0 Å². The SMILES string of the molecule is C=CCCCCCC(N)C(C)C(C)C. The fourth-order valence-corrected chi connectivity index (χ4v) is 1.60. The van der Waals surface area contributed by atoms with Gasteiger partial charge in [-0.1, -0.05) is 39.7 Å². The van der Waals surface area contributed by atoms with E-state index in [-0.39, 0.29) is 0 Å². The van der Waals surface area contributed by atoms with Gasteiger partial charge in [-0.15, -0.1) is 6.58 Å². The maximum absolute atomic E-state index is 6.11. The summed E-state index contributed by atoms with van der Waals surface area (Å²) in [5, 5.41) is 0. The number of hydrogen-bond donors (Lipinski definition) is 1. The van der Waals surface area contributed by atoms with Crippen LogP contribution in [0.2, 0.25) is 0 Å². The summed E-state index contributed by atoms with van der Waals surface area (Å²) < 4.78 is 0. The van der Waals surface area contributed by atoms with Crippen molar-refractivity contribution in [3.8, 4) is 0 Å². The summed E-state index contributed by atoms with van der Waals surface area (Å²) in [7, 11) is 0. The van der Waals surface area contributed by atoms with Crippen LogP contribution in [0.1, 0.15) is 52.9 Å². The standard InChI is InChI=1S/C13H27N/c1-5-6-7-8-9-10-13(14)12(4)11(2)3/h5,11-13H,1,6-10,14H2,2-4H3. The summed E-state index contributed by atoms with van der Waals surface area (Å²) in [4.78, 5) is 0. The molecule has 1 nitrogen and oxygen atoms in total. The first-order valence-electron chi connectivity index (χ1n) is 5.96. The number of rotatable bonds is 8. The summed E-state index contributed by atoms with van der Waals surface area (Å²) in [6, 6.07) is 0.388. The molecule has 0 fully saturated rings. The first-order chi connectivity index (χ1) is 6.59. The van der Waals surface area contributed by atoms with Crippen molar-refractivity contribution in [1.82, 2.24) is 0 Å². The molecule has 14 heavy (non-hydrogen) atoms. The second kappa shape index (κ2) is 8.05. The van der Waals surface area contributed by atoms with Crippen LogP contribution in [0.4, 0.5) is 0 Å².